The van der Waals surface area contributed by atoms with Crippen LogP contribution in [-0.2, 0) is 0 Å². The second kappa shape index (κ2) is 4.82. The van der Waals surface area contributed by atoms with Gasteiger partial charge in [0.15, 0.2) is 0 Å². The maximum absolute atomic E-state index is 13.6. The molecule has 1 heterocycles. The third-order valence-electron chi connectivity index (χ3n) is 2.86. The quantitative estimate of drug-likeness (QED) is 0.887. The zero-order chi connectivity index (χ0) is 13.3. The van der Waals surface area contributed by atoms with Crippen LogP contribution in [0.2, 0.25) is 0 Å². The maximum Gasteiger partial charge on any atom is 0.131 e. The highest BCUT2D eigenvalue weighted by molar-refractivity contribution is 5.34. The Kier molecular flexibility index (Phi) is 3.39. The van der Waals surface area contributed by atoms with E-state index < -0.39 is 17.7 Å². The van der Waals surface area contributed by atoms with Crippen LogP contribution in [0.3, 0.4) is 0 Å². The zero-order valence-electron chi connectivity index (χ0n) is 10.2. The van der Waals surface area contributed by atoms with Gasteiger partial charge in [-0.3, -0.25) is 4.98 Å². The largest absolute Gasteiger partial charge is 0.319 e. The Balaban J connectivity index is 2.51. The molecule has 94 valence electrons. The summed E-state index contributed by atoms with van der Waals surface area (Å²) < 4.78 is 27.3. The maximum atomic E-state index is 13.6. The molecule has 0 saturated carbocycles. The molecule has 2 nitrogen and oxygen atoms in total. The van der Waals surface area contributed by atoms with Crippen molar-refractivity contribution in [2.24, 2.45) is 5.73 Å². The van der Waals surface area contributed by atoms with E-state index >= 15 is 0 Å². The lowest BCUT2D eigenvalue weighted by Gasteiger charge is -2.15. The van der Waals surface area contributed by atoms with Gasteiger partial charge in [0.2, 0.25) is 0 Å². The molecule has 0 spiro atoms. The summed E-state index contributed by atoms with van der Waals surface area (Å²) in [5.74, 6) is -1.30. The Morgan fingerprint density at radius 2 is 1.78 bits per heavy atom. The molecule has 1 aromatic heterocycles. The number of aromatic nitrogens is 1. The summed E-state index contributed by atoms with van der Waals surface area (Å²) in [7, 11) is 0. The average molecular weight is 248 g/mol. The van der Waals surface area contributed by atoms with Crippen molar-refractivity contribution in [3.63, 3.8) is 0 Å². The summed E-state index contributed by atoms with van der Waals surface area (Å²) in [6.45, 7) is 3.73. The molecule has 0 aliphatic rings. The lowest BCUT2D eigenvalue weighted by molar-refractivity contribution is 0.540. The van der Waals surface area contributed by atoms with Crippen LogP contribution < -0.4 is 5.73 Å². The van der Waals surface area contributed by atoms with Gasteiger partial charge in [-0.2, -0.15) is 0 Å². The molecular formula is C14H14F2N2. The molecule has 1 atom stereocenters. The van der Waals surface area contributed by atoms with Gasteiger partial charge in [-0.15, -0.1) is 0 Å². The van der Waals surface area contributed by atoms with Crippen molar-refractivity contribution in [2.75, 3.05) is 0 Å². The lowest BCUT2D eigenvalue weighted by Crippen LogP contribution is -2.18. The monoisotopic (exact) mass is 248 g/mol. The summed E-state index contributed by atoms with van der Waals surface area (Å²) in [6.07, 6.45) is 1.64. The highest BCUT2D eigenvalue weighted by Crippen LogP contribution is 2.25. The third-order valence-corrected chi connectivity index (χ3v) is 2.86. The first kappa shape index (κ1) is 12.6. The van der Waals surface area contributed by atoms with Gasteiger partial charge >= 0.3 is 0 Å². The lowest BCUT2D eigenvalue weighted by atomic mass is 9.99. The van der Waals surface area contributed by atoms with Crippen LogP contribution >= 0.6 is 0 Å². The van der Waals surface area contributed by atoms with Crippen molar-refractivity contribution in [1.29, 1.82) is 0 Å². The van der Waals surface area contributed by atoms with E-state index in [0.29, 0.717) is 5.69 Å². The molecule has 4 heteroatoms. The van der Waals surface area contributed by atoms with Gasteiger partial charge in [-0.05, 0) is 37.1 Å². The number of aryl methyl sites for hydroxylation is 2. The number of nitrogens with two attached hydrogens (primary N) is 1. The topological polar surface area (TPSA) is 38.9 Å². The zero-order valence-corrected chi connectivity index (χ0v) is 10.2. The van der Waals surface area contributed by atoms with Crippen molar-refractivity contribution >= 4 is 0 Å². The molecule has 0 amide bonds. The van der Waals surface area contributed by atoms with Crippen molar-refractivity contribution in [2.45, 2.75) is 19.9 Å². The molecule has 0 saturated heterocycles. The van der Waals surface area contributed by atoms with E-state index in [2.05, 4.69) is 4.98 Å². The first-order chi connectivity index (χ1) is 8.50. The van der Waals surface area contributed by atoms with E-state index in [9.17, 15) is 8.78 Å². The standard InChI is InChI=1S/C14H14F2N2/c1-8-6-9(2)14(18-7-8)13(17)12-10(15)4-3-5-11(12)16/h3-7,13H,17H2,1-2H3. The molecule has 0 radical (unpaired) electrons. The number of pyridine rings is 1. The van der Waals surface area contributed by atoms with Crippen LogP contribution in [0, 0.1) is 25.5 Å². The van der Waals surface area contributed by atoms with Gasteiger partial charge in [-0.1, -0.05) is 12.1 Å². The highest BCUT2D eigenvalue weighted by atomic mass is 19.1. The number of hydrogen-bond acceptors (Lipinski definition) is 2. The SMILES string of the molecule is Cc1cnc(C(N)c2c(F)cccc2F)c(C)c1. The Morgan fingerprint density at radius 1 is 1.17 bits per heavy atom. The minimum atomic E-state index is -0.896. The second-order valence-electron chi connectivity index (χ2n) is 4.33. The fourth-order valence-corrected chi connectivity index (χ4v) is 2.00. The van der Waals surface area contributed by atoms with Crippen LogP contribution in [-0.4, -0.2) is 4.98 Å². The third kappa shape index (κ3) is 2.24. The van der Waals surface area contributed by atoms with Crippen LogP contribution in [0.1, 0.15) is 28.4 Å². The van der Waals surface area contributed by atoms with Gasteiger partial charge in [-0.25, -0.2) is 8.78 Å². The molecule has 0 aliphatic heterocycles. The van der Waals surface area contributed by atoms with E-state index in [0.717, 1.165) is 11.1 Å². The minimum Gasteiger partial charge on any atom is -0.319 e. The predicted octanol–water partition coefficient (Wildman–Crippen LogP) is 3.02. The molecule has 0 fully saturated rings. The normalized spacial score (nSPS) is 12.5. The van der Waals surface area contributed by atoms with Crippen LogP contribution in [0.15, 0.2) is 30.5 Å². The van der Waals surface area contributed by atoms with Gasteiger partial charge < -0.3 is 5.73 Å². The van der Waals surface area contributed by atoms with Gasteiger partial charge in [0.25, 0.3) is 0 Å². The summed E-state index contributed by atoms with van der Waals surface area (Å²) in [5.41, 5.74) is 8.08. The highest BCUT2D eigenvalue weighted by Gasteiger charge is 2.20. The predicted molar refractivity (Wildman–Crippen MR) is 66.1 cm³/mol. The van der Waals surface area contributed by atoms with Crippen molar-refractivity contribution in [3.8, 4) is 0 Å². The smallest absolute Gasteiger partial charge is 0.131 e. The van der Waals surface area contributed by atoms with Crippen LogP contribution in [0.5, 0.6) is 0 Å². The van der Waals surface area contributed by atoms with Gasteiger partial charge in [0.1, 0.15) is 11.6 Å². The number of benzene rings is 1. The van der Waals surface area contributed by atoms with Gasteiger partial charge in [0.05, 0.1) is 11.7 Å². The Morgan fingerprint density at radius 3 is 2.33 bits per heavy atom. The van der Waals surface area contributed by atoms with Crippen LogP contribution in [0.4, 0.5) is 8.78 Å². The van der Waals surface area contributed by atoms with Crippen molar-refractivity contribution in [3.05, 3.63) is 64.5 Å². The van der Waals surface area contributed by atoms with E-state index in [1.807, 2.05) is 19.9 Å². The molecule has 2 rings (SSSR count). The van der Waals surface area contributed by atoms with E-state index in [1.165, 1.54) is 18.2 Å². The number of halogens is 2. The minimum absolute atomic E-state index is 0.142. The van der Waals surface area contributed by atoms with Crippen LogP contribution in [0.25, 0.3) is 0 Å². The fraction of sp³-hybridized carbons (Fsp3) is 0.214. The fourth-order valence-electron chi connectivity index (χ4n) is 2.00. The molecular weight excluding hydrogens is 234 g/mol. The summed E-state index contributed by atoms with van der Waals surface area (Å²) in [6, 6.07) is 4.70. The van der Waals surface area contributed by atoms with E-state index in [-0.39, 0.29) is 5.56 Å². The molecule has 0 bridgehead atoms. The number of nitrogens with zero attached hydrogens (tertiary/aromatic N) is 1. The average Bonchev–Trinajstić information content (AvgIpc) is 2.28. The molecule has 1 unspecified atom stereocenters. The van der Waals surface area contributed by atoms with Crippen molar-refractivity contribution in [1.82, 2.24) is 4.98 Å². The Bertz CT molecular complexity index is 562. The molecule has 18 heavy (non-hydrogen) atoms. The first-order valence-corrected chi connectivity index (χ1v) is 5.63. The number of hydrogen-bond donors (Lipinski definition) is 1. The number of rotatable bonds is 2. The van der Waals surface area contributed by atoms with E-state index in [4.69, 9.17) is 5.73 Å². The summed E-state index contributed by atoms with van der Waals surface area (Å²) in [4.78, 5) is 4.18. The molecule has 0 aliphatic carbocycles. The molecule has 1 aromatic carbocycles. The summed E-state index contributed by atoms with van der Waals surface area (Å²) >= 11 is 0. The molecule has 2 aromatic rings. The Labute approximate surface area is 104 Å². The van der Waals surface area contributed by atoms with Gasteiger partial charge in [0, 0.05) is 11.8 Å². The summed E-state index contributed by atoms with van der Waals surface area (Å²) in [5, 5.41) is 0. The van der Waals surface area contributed by atoms with Crippen molar-refractivity contribution < 1.29 is 8.78 Å². The first-order valence-electron chi connectivity index (χ1n) is 5.63. The Hall–Kier alpha value is -1.81. The molecule has 2 N–H and O–H groups in total. The second-order valence-corrected chi connectivity index (χ2v) is 4.33. The van der Waals surface area contributed by atoms with E-state index in [1.54, 1.807) is 6.20 Å².